The van der Waals surface area contributed by atoms with Crippen LogP contribution in [0, 0.1) is 5.92 Å². The van der Waals surface area contributed by atoms with Crippen LogP contribution in [0.25, 0.3) is 0 Å². The molecule has 0 aromatic heterocycles. The molecule has 0 spiro atoms. The monoisotopic (exact) mass is 142 g/mol. The van der Waals surface area contributed by atoms with E-state index in [0.29, 0.717) is 12.1 Å². The van der Waals surface area contributed by atoms with Gasteiger partial charge in [-0.15, -0.1) is 0 Å². The summed E-state index contributed by atoms with van der Waals surface area (Å²) in [4.78, 5) is 0. The molecule has 1 unspecified atom stereocenters. The van der Waals surface area contributed by atoms with Crippen molar-refractivity contribution < 1.29 is 0 Å². The predicted octanol–water partition coefficient (Wildman–Crippen LogP) is 0.722. The lowest BCUT2D eigenvalue weighted by molar-refractivity contribution is 0.432. The summed E-state index contributed by atoms with van der Waals surface area (Å²) in [5.74, 6) is 0.765. The molecular formula is C8H18N2. The van der Waals surface area contributed by atoms with E-state index in [1.165, 1.54) is 6.42 Å². The normalized spacial score (nSPS) is 33.6. The molecule has 1 heterocycles. The molecule has 1 saturated heterocycles. The van der Waals surface area contributed by atoms with E-state index in [4.69, 9.17) is 5.73 Å². The second-order valence-corrected chi connectivity index (χ2v) is 3.64. The van der Waals surface area contributed by atoms with Gasteiger partial charge in [-0.3, -0.25) is 0 Å². The van der Waals surface area contributed by atoms with Crippen LogP contribution in [0.15, 0.2) is 0 Å². The minimum Gasteiger partial charge on any atom is -0.326 e. The van der Waals surface area contributed by atoms with Crippen molar-refractivity contribution in [3.8, 4) is 0 Å². The topological polar surface area (TPSA) is 38.0 Å². The van der Waals surface area contributed by atoms with Crippen LogP contribution < -0.4 is 11.1 Å². The maximum absolute atomic E-state index is 5.86. The minimum atomic E-state index is 0.405. The van der Waals surface area contributed by atoms with E-state index in [9.17, 15) is 0 Å². The lowest BCUT2D eigenvalue weighted by Crippen LogP contribution is -2.37. The van der Waals surface area contributed by atoms with Gasteiger partial charge in [-0.25, -0.2) is 0 Å². The largest absolute Gasteiger partial charge is 0.326 e. The van der Waals surface area contributed by atoms with Crippen LogP contribution in [0.2, 0.25) is 0 Å². The highest BCUT2D eigenvalue weighted by Crippen LogP contribution is 2.12. The quantitative estimate of drug-likeness (QED) is 0.596. The molecule has 1 aliphatic heterocycles. The summed E-state index contributed by atoms with van der Waals surface area (Å²) >= 11 is 0. The molecule has 10 heavy (non-hydrogen) atoms. The van der Waals surface area contributed by atoms with Crippen molar-refractivity contribution in [2.45, 2.75) is 38.8 Å². The Morgan fingerprint density at radius 3 is 2.70 bits per heavy atom. The fourth-order valence-electron chi connectivity index (χ4n) is 1.55. The van der Waals surface area contributed by atoms with Gasteiger partial charge in [0.15, 0.2) is 0 Å². The Hall–Kier alpha value is -0.0800. The summed E-state index contributed by atoms with van der Waals surface area (Å²) in [6.07, 6.45) is 2.37. The smallest absolute Gasteiger partial charge is 0.0221 e. The maximum atomic E-state index is 5.86. The zero-order chi connectivity index (χ0) is 7.56. The maximum Gasteiger partial charge on any atom is 0.0221 e. The Balaban J connectivity index is 2.26. The van der Waals surface area contributed by atoms with Gasteiger partial charge in [-0.2, -0.15) is 0 Å². The molecule has 0 amide bonds. The van der Waals surface area contributed by atoms with Gasteiger partial charge >= 0.3 is 0 Å². The van der Waals surface area contributed by atoms with Crippen LogP contribution >= 0.6 is 0 Å². The number of nitrogens with two attached hydrogens (primary N) is 1. The van der Waals surface area contributed by atoms with Gasteiger partial charge in [-0.05, 0) is 25.3 Å². The molecule has 2 nitrogen and oxygen atoms in total. The molecule has 60 valence electrons. The molecule has 0 aromatic carbocycles. The standard InChI is InChI=1S/C8H18N2/c1-6(2)5-8-7(9)3-4-10-8/h6-8,10H,3-5,9H2,1-2H3/t7?,8-/m1/s1. The Kier molecular flexibility index (Phi) is 2.69. The molecule has 3 N–H and O–H groups in total. The van der Waals surface area contributed by atoms with Crippen molar-refractivity contribution in [1.82, 2.24) is 5.32 Å². The van der Waals surface area contributed by atoms with E-state index in [1.807, 2.05) is 0 Å². The first-order valence-electron chi connectivity index (χ1n) is 4.19. The molecular weight excluding hydrogens is 124 g/mol. The van der Waals surface area contributed by atoms with Crippen molar-refractivity contribution in [1.29, 1.82) is 0 Å². The van der Waals surface area contributed by atoms with E-state index >= 15 is 0 Å². The Labute approximate surface area is 63.2 Å². The molecule has 2 heteroatoms. The molecule has 1 rings (SSSR count). The summed E-state index contributed by atoms with van der Waals surface area (Å²) < 4.78 is 0. The fourth-order valence-corrected chi connectivity index (χ4v) is 1.55. The second-order valence-electron chi connectivity index (χ2n) is 3.64. The SMILES string of the molecule is CC(C)C[C@H]1NCCC1N. The highest BCUT2D eigenvalue weighted by atomic mass is 15.0. The lowest BCUT2D eigenvalue weighted by atomic mass is 10.00. The van der Waals surface area contributed by atoms with Crippen molar-refractivity contribution in [3.05, 3.63) is 0 Å². The second kappa shape index (κ2) is 3.35. The highest BCUT2D eigenvalue weighted by Gasteiger charge is 2.23. The summed E-state index contributed by atoms with van der Waals surface area (Å²) in [6, 6.07) is 0.988. The zero-order valence-corrected chi connectivity index (χ0v) is 6.93. The van der Waals surface area contributed by atoms with Crippen LogP contribution in [0.5, 0.6) is 0 Å². The minimum absolute atomic E-state index is 0.405. The molecule has 0 aromatic rings. The number of nitrogens with one attached hydrogen (secondary N) is 1. The van der Waals surface area contributed by atoms with Crippen molar-refractivity contribution in [2.75, 3.05) is 6.54 Å². The van der Waals surface area contributed by atoms with Gasteiger partial charge in [0.1, 0.15) is 0 Å². The van der Waals surface area contributed by atoms with Crippen LogP contribution in [-0.4, -0.2) is 18.6 Å². The summed E-state index contributed by atoms with van der Waals surface area (Å²) in [7, 11) is 0. The molecule has 0 bridgehead atoms. The van der Waals surface area contributed by atoms with Crippen LogP contribution in [0.1, 0.15) is 26.7 Å². The predicted molar refractivity (Wildman–Crippen MR) is 43.8 cm³/mol. The number of hydrogen-bond acceptors (Lipinski definition) is 2. The van der Waals surface area contributed by atoms with Gasteiger partial charge < -0.3 is 11.1 Å². The molecule has 1 fully saturated rings. The fraction of sp³-hybridized carbons (Fsp3) is 1.00. The Morgan fingerprint density at radius 2 is 2.30 bits per heavy atom. The van der Waals surface area contributed by atoms with Crippen LogP contribution in [0.3, 0.4) is 0 Å². The zero-order valence-electron chi connectivity index (χ0n) is 6.93. The first-order chi connectivity index (χ1) is 4.70. The van der Waals surface area contributed by atoms with Crippen LogP contribution in [-0.2, 0) is 0 Å². The van der Waals surface area contributed by atoms with Crippen molar-refractivity contribution in [2.24, 2.45) is 11.7 Å². The molecule has 2 atom stereocenters. The third kappa shape index (κ3) is 1.96. The van der Waals surface area contributed by atoms with Crippen LogP contribution in [0.4, 0.5) is 0 Å². The van der Waals surface area contributed by atoms with E-state index < -0.39 is 0 Å². The molecule has 1 aliphatic rings. The lowest BCUT2D eigenvalue weighted by Gasteiger charge is -2.17. The third-order valence-electron chi connectivity index (χ3n) is 2.13. The summed E-state index contributed by atoms with van der Waals surface area (Å²) in [6.45, 7) is 5.60. The summed E-state index contributed by atoms with van der Waals surface area (Å²) in [5.41, 5.74) is 5.86. The molecule has 0 saturated carbocycles. The average Bonchev–Trinajstić information content (AvgIpc) is 2.15. The first kappa shape index (κ1) is 8.02. The van der Waals surface area contributed by atoms with E-state index in [-0.39, 0.29) is 0 Å². The number of rotatable bonds is 2. The highest BCUT2D eigenvalue weighted by molar-refractivity contribution is 4.86. The first-order valence-corrected chi connectivity index (χ1v) is 4.19. The molecule has 0 aliphatic carbocycles. The van der Waals surface area contributed by atoms with E-state index in [1.54, 1.807) is 0 Å². The molecule has 0 radical (unpaired) electrons. The van der Waals surface area contributed by atoms with Gasteiger partial charge in [0.25, 0.3) is 0 Å². The van der Waals surface area contributed by atoms with E-state index in [2.05, 4.69) is 19.2 Å². The van der Waals surface area contributed by atoms with Gasteiger partial charge in [-0.1, -0.05) is 13.8 Å². The van der Waals surface area contributed by atoms with Crippen molar-refractivity contribution in [3.63, 3.8) is 0 Å². The van der Waals surface area contributed by atoms with Crippen molar-refractivity contribution >= 4 is 0 Å². The van der Waals surface area contributed by atoms with Gasteiger partial charge in [0.2, 0.25) is 0 Å². The Bertz CT molecular complexity index is 101. The Morgan fingerprint density at radius 1 is 1.60 bits per heavy atom. The van der Waals surface area contributed by atoms with E-state index in [0.717, 1.165) is 18.9 Å². The summed E-state index contributed by atoms with van der Waals surface area (Å²) in [5, 5.41) is 3.41. The number of hydrogen-bond donors (Lipinski definition) is 2. The average molecular weight is 142 g/mol. The third-order valence-corrected chi connectivity index (χ3v) is 2.13. The van der Waals surface area contributed by atoms with Gasteiger partial charge in [0, 0.05) is 12.1 Å². The van der Waals surface area contributed by atoms with Gasteiger partial charge in [0.05, 0.1) is 0 Å².